The smallest absolute Gasteiger partial charge is 0 e. The van der Waals surface area contributed by atoms with Crippen molar-refractivity contribution < 1.29 is 24.5 Å². The number of furan rings is 1. The van der Waals surface area contributed by atoms with Gasteiger partial charge in [0.1, 0.15) is 5.58 Å². The van der Waals surface area contributed by atoms with E-state index < -0.39 is 13.3 Å². The topological polar surface area (TPSA) is 56.7 Å². The third kappa shape index (κ3) is 8.11. The molecule has 0 amide bonds. The molecule has 0 saturated carbocycles. The number of nitrogens with zero attached hydrogens (tertiary/aromatic N) is 4. The van der Waals surface area contributed by atoms with E-state index in [0.717, 1.165) is 61.4 Å². The second-order valence-electron chi connectivity index (χ2n) is 16.4. The zero-order valence-electron chi connectivity index (χ0n) is 34.4. The Labute approximate surface area is 358 Å². The Morgan fingerprint density at radius 2 is 1.40 bits per heavy atom. The molecule has 7 heteroatoms. The number of benzene rings is 5. The van der Waals surface area contributed by atoms with Gasteiger partial charge in [-0.15, -0.1) is 18.2 Å². The van der Waals surface area contributed by atoms with E-state index in [1.165, 1.54) is 32.3 Å². The van der Waals surface area contributed by atoms with Crippen molar-refractivity contribution in [3.63, 3.8) is 0 Å². The number of imidazole rings is 1. The minimum absolute atomic E-state index is 0. The van der Waals surface area contributed by atoms with E-state index in [9.17, 15) is 0 Å². The number of para-hydroxylation sites is 2. The average Bonchev–Trinajstić information content (AvgIpc) is 3.79. The van der Waals surface area contributed by atoms with E-state index in [4.69, 9.17) is 14.4 Å². The number of pyridine rings is 2. The second-order valence-corrected chi connectivity index (χ2v) is 27.0. The molecule has 4 heterocycles. The van der Waals surface area contributed by atoms with E-state index in [1.807, 2.05) is 67.7 Å². The van der Waals surface area contributed by atoms with Crippen LogP contribution in [0.1, 0.15) is 56.4 Å². The fourth-order valence-corrected chi connectivity index (χ4v) is 9.63. The molecule has 0 fully saturated rings. The van der Waals surface area contributed by atoms with Crippen LogP contribution in [-0.4, -0.2) is 32.8 Å². The van der Waals surface area contributed by atoms with Gasteiger partial charge in [-0.3, -0.25) is 9.97 Å². The molecule has 5 aromatic carbocycles. The molecule has 0 aliphatic carbocycles. The second kappa shape index (κ2) is 17.0. The first-order valence-electron chi connectivity index (χ1n) is 19.8. The molecule has 0 aliphatic rings. The Morgan fingerprint density at radius 3 is 2.05 bits per heavy atom. The minimum atomic E-state index is -1.72. The largest absolute Gasteiger partial charge is 0 e. The van der Waals surface area contributed by atoms with Crippen molar-refractivity contribution in [3.05, 3.63) is 163 Å². The van der Waals surface area contributed by atoms with Crippen molar-refractivity contribution in [1.29, 1.82) is 0 Å². The molecule has 0 N–H and O–H groups in total. The molecular weight excluding hydrogens is 949 g/mol. The first-order chi connectivity index (χ1) is 27.5. The summed E-state index contributed by atoms with van der Waals surface area (Å²) in [7, 11) is 0. The zero-order valence-corrected chi connectivity index (χ0v) is 38.9. The molecule has 0 unspecified atom stereocenters. The summed E-state index contributed by atoms with van der Waals surface area (Å²) >= 11 is -1.72. The van der Waals surface area contributed by atoms with E-state index in [0.29, 0.717) is 11.8 Å². The van der Waals surface area contributed by atoms with Crippen LogP contribution in [0.5, 0.6) is 0 Å². The normalized spacial score (nSPS) is 11.6. The van der Waals surface area contributed by atoms with E-state index in [1.54, 1.807) is 0 Å². The number of aryl methyl sites for hydroxylation is 1. The van der Waals surface area contributed by atoms with Gasteiger partial charge < -0.3 is 8.98 Å². The van der Waals surface area contributed by atoms with Gasteiger partial charge in [0.15, 0.2) is 0 Å². The molecule has 293 valence electrons. The number of hydrogen-bond donors (Lipinski definition) is 0. The first kappa shape index (κ1) is 41.0. The maximum absolute atomic E-state index is 6.47. The summed E-state index contributed by atoms with van der Waals surface area (Å²) in [5.74, 6) is 8.54. The SMILES string of the molecule is Cc1ccc2oc3c(-c4nc5ccccc5n4-c4c(C(C)C)cc(-c5ccccc5)cc4C(C)C)[c-]ccc3c2n1.[CH3][Ge]([CH3])([CH3])[c]1ccc(-c2[c-]cccc2)nc1.[Ir]. The van der Waals surface area contributed by atoms with Gasteiger partial charge in [0.05, 0.1) is 28.0 Å². The van der Waals surface area contributed by atoms with Crippen molar-refractivity contribution in [2.75, 3.05) is 0 Å². The number of aromatic nitrogens is 4. The Balaban J connectivity index is 0.000000254. The van der Waals surface area contributed by atoms with Crippen molar-refractivity contribution in [2.45, 2.75) is 63.7 Å². The number of rotatable bonds is 7. The fourth-order valence-electron chi connectivity index (χ4n) is 7.46. The van der Waals surface area contributed by atoms with Crippen LogP contribution in [0.4, 0.5) is 0 Å². The summed E-state index contributed by atoms with van der Waals surface area (Å²) in [5.41, 5.74) is 14.5. The van der Waals surface area contributed by atoms with Gasteiger partial charge in [0.25, 0.3) is 0 Å². The molecule has 0 bridgehead atoms. The van der Waals surface area contributed by atoms with Gasteiger partial charge in [-0.1, -0.05) is 75.7 Å². The monoisotopic (exact) mass is 999 g/mol. The number of fused-ring (bicyclic) bond motifs is 4. The Morgan fingerprint density at radius 1 is 0.690 bits per heavy atom. The maximum Gasteiger partial charge on any atom is 0 e. The predicted molar refractivity (Wildman–Crippen MR) is 240 cm³/mol. The fraction of sp³-hybridized carbons (Fsp3) is 0.196. The summed E-state index contributed by atoms with van der Waals surface area (Å²) in [6.07, 6.45) is 2.04. The molecular formula is C51H48GeIrN4O-2. The van der Waals surface area contributed by atoms with Crippen LogP contribution in [0, 0.1) is 19.1 Å². The van der Waals surface area contributed by atoms with Gasteiger partial charge in [-0.05, 0) is 82.8 Å². The molecule has 4 aromatic heterocycles. The maximum atomic E-state index is 6.47. The van der Waals surface area contributed by atoms with Gasteiger partial charge in [0, 0.05) is 31.5 Å². The van der Waals surface area contributed by atoms with Crippen LogP contribution in [0.3, 0.4) is 0 Å². The summed E-state index contributed by atoms with van der Waals surface area (Å²) in [6.45, 7) is 11.1. The Kier molecular flexibility index (Phi) is 12.0. The standard InChI is InChI=1S/C37H32N3O.C14H16GeN.Ir/c1-22(2)29-20-26(25-12-7-6-8-13-25)21-30(23(3)4)35(29)40-32-17-10-9-16-31(32)39-37(40)28-15-11-14-27-34-33(41-36(27)28)19-18-24(5)38-34;1-15(2,3)13-9-10-14(16-11-13)12-7-5-4-6-8-12;/h6-14,16-23H,1-5H3;4-7,9-11H,1-3H3;/q2*-1;. The van der Waals surface area contributed by atoms with Crippen LogP contribution >= 0.6 is 0 Å². The zero-order chi connectivity index (χ0) is 39.8. The van der Waals surface area contributed by atoms with Crippen LogP contribution in [-0.2, 0) is 20.1 Å². The molecule has 0 spiro atoms. The summed E-state index contributed by atoms with van der Waals surface area (Å²) < 4.78 is 10.2. The van der Waals surface area contributed by atoms with Crippen LogP contribution in [0.2, 0.25) is 17.3 Å². The van der Waals surface area contributed by atoms with E-state index >= 15 is 0 Å². The molecule has 58 heavy (non-hydrogen) atoms. The molecule has 9 aromatic rings. The van der Waals surface area contributed by atoms with Crippen molar-refractivity contribution in [3.8, 4) is 39.5 Å². The van der Waals surface area contributed by atoms with Crippen molar-refractivity contribution >= 4 is 50.8 Å². The van der Waals surface area contributed by atoms with Crippen molar-refractivity contribution in [2.24, 2.45) is 0 Å². The third-order valence-electron chi connectivity index (χ3n) is 10.6. The van der Waals surface area contributed by atoms with Crippen LogP contribution in [0.25, 0.3) is 72.6 Å². The molecule has 9 rings (SSSR count). The summed E-state index contributed by atoms with van der Waals surface area (Å²) in [5, 5.41) is 0.976. The van der Waals surface area contributed by atoms with Crippen molar-refractivity contribution in [1.82, 2.24) is 19.5 Å². The summed E-state index contributed by atoms with van der Waals surface area (Å²) in [4.78, 5) is 14.6. The van der Waals surface area contributed by atoms with Gasteiger partial charge in [-0.2, -0.15) is 0 Å². The minimum Gasteiger partial charge on any atom is 0 e. The van der Waals surface area contributed by atoms with Gasteiger partial charge >= 0.3 is 99.8 Å². The third-order valence-corrected chi connectivity index (χ3v) is 14.8. The first-order valence-corrected chi connectivity index (χ1v) is 27.2. The van der Waals surface area contributed by atoms with Gasteiger partial charge in [0.2, 0.25) is 0 Å². The van der Waals surface area contributed by atoms with E-state index in [-0.39, 0.29) is 20.1 Å². The van der Waals surface area contributed by atoms with Gasteiger partial charge in [-0.25, -0.2) is 0 Å². The molecule has 0 aliphatic heterocycles. The van der Waals surface area contributed by atoms with Crippen LogP contribution in [0.15, 0.2) is 138 Å². The average molecular weight is 998 g/mol. The number of hydrogen-bond acceptors (Lipinski definition) is 4. The van der Waals surface area contributed by atoms with E-state index in [2.05, 4.69) is 139 Å². The quantitative estimate of drug-likeness (QED) is 0.118. The molecule has 5 nitrogen and oxygen atoms in total. The summed E-state index contributed by atoms with van der Waals surface area (Å²) in [6, 6.07) is 50.7. The molecule has 0 atom stereocenters. The van der Waals surface area contributed by atoms with Crippen LogP contribution < -0.4 is 4.40 Å². The molecule has 1 radical (unpaired) electrons. The molecule has 0 saturated heterocycles. The predicted octanol–water partition coefficient (Wildman–Crippen LogP) is 13.1. The Bertz CT molecular complexity index is 2810. The Hall–Kier alpha value is -5.14.